The fraction of sp³-hybridized carbons (Fsp3) is 0.212. The number of aromatic nitrogens is 4. The summed E-state index contributed by atoms with van der Waals surface area (Å²) >= 11 is 0. The van der Waals surface area contributed by atoms with E-state index in [9.17, 15) is 23.9 Å². The van der Waals surface area contributed by atoms with Crippen molar-refractivity contribution < 1.29 is 37.5 Å². The molecule has 0 fully saturated rings. The Labute approximate surface area is 267 Å². The van der Waals surface area contributed by atoms with Gasteiger partial charge in [0.2, 0.25) is 5.82 Å². The maximum absolute atomic E-state index is 15.2. The third-order valence-electron chi connectivity index (χ3n) is 6.76. The molecule has 0 saturated carbocycles. The number of aryl methyl sites for hydroxylation is 1. The minimum atomic E-state index is -1.40. The summed E-state index contributed by atoms with van der Waals surface area (Å²) in [5, 5.41) is 18.6. The highest BCUT2D eigenvalue weighted by molar-refractivity contribution is 5.95. The average Bonchev–Trinajstić information content (AvgIpc) is 3.69. The molecule has 242 valence electrons. The zero-order valence-corrected chi connectivity index (χ0v) is 25.7. The van der Waals surface area contributed by atoms with Gasteiger partial charge in [-0.05, 0) is 93.4 Å². The number of aromatic amines is 1. The molecular weight excluding hydrogens is 614 g/mol. The van der Waals surface area contributed by atoms with Crippen molar-refractivity contribution >= 4 is 23.7 Å². The molecule has 3 aromatic carbocycles. The molecule has 4 N–H and O–H groups in total. The number of nitrogens with one attached hydrogen (secondary N) is 3. The first-order valence-corrected chi connectivity index (χ1v) is 14.3. The van der Waals surface area contributed by atoms with Crippen LogP contribution in [0.25, 0.3) is 34.2 Å². The molecule has 2 amide bonds. The number of aliphatic carboxylic acids is 1. The lowest BCUT2D eigenvalue weighted by Gasteiger charge is -2.19. The van der Waals surface area contributed by atoms with Crippen LogP contribution in [0.2, 0.25) is 0 Å². The Balaban J connectivity index is 1.23. The van der Waals surface area contributed by atoms with E-state index in [0.717, 1.165) is 6.07 Å². The molecule has 2 heterocycles. The number of carboxylic acids is 1. The lowest BCUT2D eigenvalue weighted by molar-refractivity contribution is -0.139. The second kappa shape index (κ2) is 13.2. The van der Waals surface area contributed by atoms with Crippen molar-refractivity contribution in [1.29, 1.82) is 0 Å². The number of imidazole rings is 1. The molecule has 2 aromatic heterocycles. The molecular formula is C33H30F2N6O6. The number of amides is 2. The molecule has 0 saturated heterocycles. The number of hydrogen-bond acceptors (Lipinski definition) is 8. The van der Waals surface area contributed by atoms with Gasteiger partial charge in [0.05, 0.1) is 5.56 Å². The van der Waals surface area contributed by atoms with Crippen LogP contribution in [0.5, 0.6) is 0 Å². The van der Waals surface area contributed by atoms with Crippen LogP contribution in [-0.4, -0.2) is 54.8 Å². The summed E-state index contributed by atoms with van der Waals surface area (Å²) in [6, 6.07) is 13.5. The molecule has 0 radical (unpaired) electrons. The summed E-state index contributed by atoms with van der Waals surface area (Å²) in [6.45, 7) is 6.86. The topological polar surface area (TPSA) is 172 Å². The van der Waals surface area contributed by atoms with Gasteiger partial charge in [0.15, 0.2) is 0 Å². The summed E-state index contributed by atoms with van der Waals surface area (Å²) in [5.41, 5.74) is 1.54. The molecule has 14 heteroatoms. The molecule has 0 spiro atoms. The first kappa shape index (κ1) is 32.5. The summed E-state index contributed by atoms with van der Waals surface area (Å²) in [6.07, 6.45) is 0.477. The fourth-order valence-corrected chi connectivity index (χ4v) is 4.48. The van der Waals surface area contributed by atoms with Gasteiger partial charge in [-0.15, -0.1) is 0 Å². The molecule has 0 aliphatic heterocycles. The Morgan fingerprint density at radius 2 is 1.70 bits per heavy atom. The number of rotatable bonds is 9. The maximum atomic E-state index is 15.2. The molecule has 0 bridgehead atoms. The van der Waals surface area contributed by atoms with Crippen LogP contribution in [0.4, 0.5) is 19.3 Å². The van der Waals surface area contributed by atoms with Gasteiger partial charge in [0, 0.05) is 29.4 Å². The Morgan fingerprint density at radius 3 is 2.36 bits per heavy atom. The highest BCUT2D eigenvalue weighted by Crippen LogP contribution is 2.26. The second-order valence-corrected chi connectivity index (χ2v) is 11.6. The minimum Gasteiger partial charge on any atom is -0.480 e. The summed E-state index contributed by atoms with van der Waals surface area (Å²) in [5.74, 6) is -2.82. The van der Waals surface area contributed by atoms with Crippen molar-refractivity contribution in [2.45, 2.75) is 45.8 Å². The fourth-order valence-electron chi connectivity index (χ4n) is 4.48. The van der Waals surface area contributed by atoms with Crippen molar-refractivity contribution in [1.82, 2.24) is 25.4 Å². The van der Waals surface area contributed by atoms with Gasteiger partial charge in [-0.25, -0.2) is 23.4 Å². The molecule has 12 nitrogen and oxygen atoms in total. The van der Waals surface area contributed by atoms with E-state index in [1.807, 2.05) is 0 Å². The standard InChI is InChI=1S/C33H30F2N6O6/c1-17-13-20(8-12-23(17)34)27-36-16-26(38-27)29(42)39-25(31(43)44)15-18-5-11-22(24(35)14-18)28-40-30(47-41-28)19-6-9-21(10-7-19)37-32(45)46-33(2,3)4/h5-14,16,25H,15H2,1-4H3,(H,36,38)(H,37,45)(H,39,42)(H,43,44). The second-order valence-electron chi connectivity index (χ2n) is 11.6. The normalized spacial score (nSPS) is 12.0. The van der Waals surface area contributed by atoms with Crippen LogP contribution < -0.4 is 10.6 Å². The van der Waals surface area contributed by atoms with Gasteiger partial charge in [-0.2, -0.15) is 4.98 Å². The van der Waals surface area contributed by atoms with Gasteiger partial charge in [-0.3, -0.25) is 10.1 Å². The molecule has 0 aliphatic carbocycles. The van der Waals surface area contributed by atoms with E-state index in [-0.39, 0.29) is 35.2 Å². The first-order valence-electron chi connectivity index (χ1n) is 14.3. The lowest BCUT2D eigenvalue weighted by atomic mass is 10.0. The number of carbonyl (C=O) groups is 3. The molecule has 47 heavy (non-hydrogen) atoms. The predicted octanol–water partition coefficient (Wildman–Crippen LogP) is 6.15. The van der Waals surface area contributed by atoms with Crippen LogP contribution in [-0.2, 0) is 16.0 Å². The van der Waals surface area contributed by atoms with E-state index >= 15 is 4.39 Å². The number of ether oxygens (including phenoxy) is 1. The molecule has 1 atom stereocenters. The monoisotopic (exact) mass is 644 g/mol. The Hall–Kier alpha value is -5.92. The first-order chi connectivity index (χ1) is 22.3. The van der Waals surface area contributed by atoms with Crippen molar-refractivity contribution in [2.24, 2.45) is 0 Å². The number of carbonyl (C=O) groups excluding carboxylic acids is 2. The van der Waals surface area contributed by atoms with Gasteiger partial charge >= 0.3 is 12.1 Å². The van der Waals surface area contributed by atoms with Gasteiger partial charge in [0.1, 0.15) is 34.8 Å². The highest BCUT2D eigenvalue weighted by atomic mass is 19.1. The Morgan fingerprint density at radius 1 is 0.979 bits per heavy atom. The number of hydrogen-bond donors (Lipinski definition) is 4. The average molecular weight is 645 g/mol. The SMILES string of the molecule is Cc1cc(-c2nc(C(=O)NC(Cc3ccc(-c4noc(-c5ccc(NC(=O)OC(C)(C)C)cc5)n4)c(F)c3)C(=O)O)c[nH]2)ccc1F. The van der Waals surface area contributed by atoms with Crippen molar-refractivity contribution in [3.05, 3.63) is 95.3 Å². The highest BCUT2D eigenvalue weighted by Gasteiger charge is 2.24. The number of halogens is 2. The minimum absolute atomic E-state index is 0.0166. The number of H-pyrrole nitrogens is 1. The number of benzene rings is 3. The third kappa shape index (κ3) is 8.03. The van der Waals surface area contributed by atoms with Crippen molar-refractivity contribution in [3.63, 3.8) is 0 Å². The molecule has 1 unspecified atom stereocenters. The Kier molecular flexibility index (Phi) is 9.12. The lowest BCUT2D eigenvalue weighted by Crippen LogP contribution is -2.42. The Bertz CT molecular complexity index is 1950. The van der Waals surface area contributed by atoms with Gasteiger partial charge < -0.3 is 24.7 Å². The van der Waals surface area contributed by atoms with E-state index in [1.54, 1.807) is 58.0 Å². The number of carboxylic acid groups (broad SMARTS) is 1. The van der Waals surface area contributed by atoms with Gasteiger partial charge in [0.25, 0.3) is 11.8 Å². The van der Waals surface area contributed by atoms with Crippen LogP contribution in [0, 0.1) is 18.6 Å². The zero-order chi connectivity index (χ0) is 33.9. The summed E-state index contributed by atoms with van der Waals surface area (Å²) in [4.78, 5) is 48.1. The van der Waals surface area contributed by atoms with Gasteiger partial charge in [-0.1, -0.05) is 11.2 Å². The van der Waals surface area contributed by atoms with Crippen LogP contribution in [0.3, 0.4) is 0 Å². The van der Waals surface area contributed by atoms with Crippen LogP contribution in [0.1, 0.15) is 42.4 Å². The van der Waals surface area contributed by atoms with Crippen LogP contribution >= 0.6 is 0 Å². The third-order valence-corrected chi connectivity index (χ3v) is 6.76. The van der Waals surface area contributed by atoms with E-state index < -0.39 is 35.4 Å². The molecule has 5 aromatic rings. The van der Waals surface area contributed by atoms with E-state index in [2.05, 4.69) is 30.7 Å². The molecule has 5 rings (SSSR count). The summed E-state index contributed by atoms with van der Waals surface area (Å²) in [7, 11) is 0. The number of anilines is 1. The van der Waals surface area contributed by atoms with Crippen LogP contribution in [0.15, 0.2) is 71.4 Å². The smallest absolute Gasteiger partial charge is 0.412 e. The number of nitrogens with zero attached hydrogens (tertiary/aromatic N) is 3. The van der Waals surface area contributed by atoms with Crippen molar-refractivity contribution in [3.8, 4) is 34.2 Å². The summed E-state index contributed by atoms with van der Waals surface area (Å²) < 4.78 is 39.4. The predicted molar refractivity (Wildman–Crippen MR) is 166 cm³/mol. The quantitative estimate of drug-likeness (QED) is 0.147. The maximum Gasteiger partial charge on any atom is 0.412 e. The van der Waals surface area contributed by atoms with E-state index in [4.69, 9.17) is 9.26 Å². The zero-order valence-electron chi connectivity index (χ0n) is 25.7. The van der Waals surface area contributed by atoms with E-state index in [1.165, 1.54) is 30.5 Å². The largest absolute Gasteiger partial charge is 0.480 e. The van der Waals surface area contributed by atoms with Crippen molar-refractivity contribution in [2.75, 3.05) is 5.32 Å². The molecule has 0 aliphatic rings. The van der Waals surface area contributed by atoms with E-state index in [0.29, 0.717) is 33.8 Å².